The Kier molecular flexibility index (Phi) is 5.77. The first kappa shape index (κ1) is 14.9. The van der Waals surface area contributed by atoms with Crippen LogP contribution in [0.4, 0.5) is 4.79 Å². The normalized spacial score (nSPS) is 12.2. The molecule has 0 spiro atoms. The SMILES string of the molecule is CC(C)CC(NC(=O)NCCc1ncn[nH]1)C(=O)O. The maximum absolute atomic E-state index is 11.5. The summed E-state index contributed by atoms with van der Waals surface area (Å²) in [6, 6.07) is -1.36. The molecule has 2 amide bonds. The van der Waals surface area contributed by atoms with Crippen LogP contribution in [0.2, 0.25) is 0 Å². The van der Waals surface area contributed by atoms with E-state index >= 15 is 0 Å². The fraction of sp³-hybridized carbons (Fsp3) is 0.636. The molecule has 1 atom stereocenters. The molecule has 1 aromatic rings. The highest BCUT2D eigenvalue weighted by atomic mass is 16.4. The van der Waals surface area contributed by atoms with Gasteiger partial charge < -0.3 is 15.7 Å². The Hall–Kier alpha value is -2.12. The minimum absolute atomic E-state index is 0.190. The topological polar surface area (TPSA) is 120 Å². The number of rotatable bonds is 7. The predicted molar refractivity (Wildman–Crippen MR) is 67.5 cm³/mol. The summed E-state index contributed by atoms with van der Waals surface area (Å²) < 4.78 is 0. The van der Waals surface area contributed by atoms with Crippen LogP contribution in [0, 0.1) is 5.92 Å². The van der Waals surface area contributed by atoms with Crippen molar-refractivity contribution in [1.29, 1.82) is 0 Å². The van der Waals surface area contributed by atoms with Crippen LogP contribution in [0.1, 0.15) is 26.1 Å². The van der Waals surface area contributed by atoms with E-state index in [1.807, 2.05) is 13.8 Å². The molecule has 1 unspecified atom stereocenters. The van der Waals surface area contributed by atoms with Crippen molar-refractivity contribution in [3.8, 4) is 0 Å². The number of carboxylic acid groups (broad SMARTS) is 1. The second-order valence-corrected chi connectivity index (χ2v) is 4.60. The fourth-order valence-electron chi connectivity index (χ4n) is 1.55. The van der Waals surface area contributed by atoms with E-state index in [1.165, 1.54) is 6.33 Å². The van der Waals surface area contributed by atoms with E-state index in [9.17, 15) is 9.59 Å². The summed E-state index contributed by atoms with van der Waals surface area (Å²) in [6.07, 6.45) is 2.29. The Labute approximate surface area is 111 Å². The summed E-state index contributed by atoms with van der Waals surface area (Å²) in [5.41, 5.74) is 0. The number of nitrogens with one attached hydrogen (secondary N) is 3. The number of aromatic amines is 1. The van der Waals surface area contributed by atoms with Crippen molar-refractivity contribution in [2.24, 2.45) is 5.92 Å². The van der Waals surface area contributed by atoms with Gasteiger partial charge in [0, 0.05) is 13.0 Å². The van der Waals surface area contributed by atoms with Crippen LogP contribution in [0.5, 0.6) is 0 Å². The average Bonchev–Trinajstić information content (AvgIpc) is 2.80. The van der Waals surface area contributed by atoms with Gasteiger partial charge in [-0.1, -0.05) is 13.8 Å². The van der Waals surface area contributed by atoms with Crippen LogP contribution in [-0.2, 0) is 11.2 Å². The number of urea groups is 1. The minimum Gasteiger partial charge on any atom is -0.480 e. The molecular formula is C11H19N5O3. The quantitative estimate of drug-likeness (QED) is 0.561. The molecule has 0 aliphatic heterocycles. The molecule has 19 heavy (non-hydrogen) atoms. The number of H-pyrrole nitrogens is 1. The number of aromatic nitrogens is 3. The number of nitrogens with zero attached hydrogens (tertiary/aromatic N) is 2. The largest absolute Gasteiger partial charge is 0.480 e. The lowest BCUT2D eigenvalue weighted by atomic mass is 10.0. The van der Waals surface area contributed by atoms with Crippen molar-refractivity contribution in [2.45, 2.75) is 32.7 Å². The van der Waals surface area contributed by atoms with Crippen LogP contribution < -0.4 is 10.6 Å². The Morgan fingerprint density at radius 2 is 2.21 bits per heavy atom. The molecule has 0 fully saturated rings. The summed E-state index contributed by atoms with van der Waals surface area (Å²) in [5, 5.41) is 20.3. The van der Waals surface area contributed by atoms with E-state index in [0.717, 1.165) is 0 Å². The number of hydrogen-bond acceptors (Lipinski definition) is 4. The molecule has 0 aliphatic rings. The second kappa shape index (κ2) is 7.34. The highest BCUT2D eigenvalue weighted by Crippen LogP contribution is 2.04. The van der Waals surface area contributed by atoms with Crippen molar-refractivity contribution in [3.63, 3.8) is 0 Å². The van der Waals surface area contributed by atoms with Crippen LogP contribution in [0.15, 0.2) is 6.33 Å². The molecule has 0 saturated heterocycles. The molecule has 1 rings (SSSR count). The van der Waals surface area contributed by atoms with Gasteiger partial charge >= 0.3 is 12.0 Å². The fourth-order valence-corrected chi connectivity index (χ4v) is 1.55. The molecule has 0 radical (unpaired) electrons. The van der Waals surface area contributed by atoms with Gasteiger partial charge in [0.1, 0.15) is 18.2 Å². The van der Waals surface area contributed by atoms with Gasteiger partial charge in [0.05, 0.1) is 0 Å². The lowest BCUT2D eigenvalue weighted by molar-refractivity contribution is -0.139. The lowest BCUT2D eigenvalue weighted by Gasteiger charge is -2.16. The Balaban J connectivity index is 2.30. The molecule has 0 bridgehead atoms. The van der Waals surface area contributed by atoms with E-state index < -0.39 is 18.0 Å². The molecule has 4 N–H and O–H groups in total. The third kappa shape index (κ3) is 5.84. The molecule has 0 aliphatic carbocycles. The smallest absolute Gasteiger partial charge is 0.326 e. The maximum Gasteiger partial charge on any atom is 0.326 e. The standard InChI is InChI=1S/C11H19N5O3/c1-7(2)5-8(10(17)18)15-11(19)12-4-3-9-13-6-14-16-9/h6-8H,3-5H2,1-2H3,(H,17,18)(H2,12,15,19)(H,13,14,16). The number of carboxylic acids is 1. The maximum atomic E-state index is 11.5. The van der Waals surface area contributed by atoms with Crippen molar-refractivity contribution >= 4 is 12.0 Å². The highest BCUT2D eigenvalue weighted by molar-refractivity contribution is 5.82. The first-order chi connectivity index (χ1) is 8.99. The molecule has 106 valence electrons. The number of amides is 2. The zero-order valence-electron chi connectivity index (χ0n) is 11.0. The summed E-state index contributed by atoms with van der Waals surface area (Å²) in [6.45, 7) is 4.16. The van der Waals surface area contributed by atoms with E-state index in [1.54, 1.807) is 0 Å². The van der Waals surface area contributed by atoms with Crippen molar-refractivity contribution in [3.05, 3.63) is 12.2 Å². The minimum atomic E-state index is -1.03. The van der Waals surface area contributed by atoms with Gasteiger partial charge in [-0.2, -0.15) is 5.10 Å². The van der Waals surface area contributed by atoms with Gasteiger partial charge in [-0.15, -0.1) is 0 Å². The Morgan fingerprint density at radius 1 is 1.47 bits per heavy atom. The monoisotopic (exact) mass is 269 g/mol. The van der Waals surface area contributed by atoms with Crippen molar-refractivity contribution < 1.29 is 14.7 Å². The molecule has 1 aromatic heterocycles. The van der Waals surface area contributed by atoms with E-state index in [0.29, 0.717) is 25.2 Å². The van der Waals surface area contributed by atoms with Crippen molar-refractivity contribution in [2.75, 3.05) is 6.54 Å². The zero-order chi connectivity index (χ0) is 14.3. The van der Waals surface area contributed by atoms with Crippen molar-refractivity contribution in [1.82, 2.24) is 25.8 Å². The van der Waals surface area contributed by atoms with Gasteiger partial charge in [0.25, 0.3) is 0 Å². The summed E-state index contributed by atoms with van der Waals surface area (Å²) in [7, 11) is 0. The first-order valence-electron chi connectivity index (χ1n) is 6.10. The van der Waals surface area contributed by atoms with Gasteiger partial charge in [-0.25, -0.2) is 14.6 Å². The van der Waals surface area contributed by atoms with E-state index in [4.69, 9.17) is 5.11 Å². The molecule has 8 heteroatoms. The third-order valence-corrected chi connectivity index (χ3v) is 2.42. The predicted octanol–water partition coefficient (Wildman–Crippen LogP) is 0.146. The number of carbonyl (C=O) groups excluding carboxylic acids is 1. The number of hydrogen-bond donors (Lipinski definition) is 4. The Bertz CT molecular complexity index is 404. The van der Waals surface area contributed by atoms with Crippen LogP contribution in [0.25, 0.3) is 0 Å². The molecular weight excluding hydrogens is 250 g/mol. The van der Waals surface area contributed by atoms with E-state index in [2.05, 4.69) is 25.8 Å². The van der Waals surface area contributed by atoms with Gasteiger partial charge in [-0.3, -0.25) is 5.10 Å². The Morgan fingerprint density at radius 3 is 2.74 bits per heavy atom. The number of aliphatic carboxylic acids is 1. The molecule has 1 heterocycles. The summed E-state index contributed by atoms with van der Waals surface area (Å²) in [4.78, 5) is 26.4. The summed E-state index contributed by atoms with van der Waals surface area (Å²) >= 11 is 0. The highest BCUT2D eigenvalue weighted by Gasteiger charge is 2.20. The average molecular weight is 269 g/mol. The van der Waals surface area contributed by atoms with Gasteiger partial charge in [0.15, 0.2) is 0 Å². The summed E-state index contributed by atoms with van der Waals surface area (Å²) in [5.74, 6) is -0.174. The second-order valence-electron chi connectivity index (χ2n) is 4.60. The van der Waals surface area contributed by atoms with Crippen LogP contribution in [0.3, 0.4) is 0 Å². The molecule has 0 aromatic carbocycles. The number of carbonyl (C=O) groups is 2. The molecule has 0 saturated carbocycles. The van der Waals surface area contributed by atoms with Gasteiger partial charge in [0.2, 0.25) is 0 Å². The van der Waals surface area contributed by atoms with Crippen LogP contribution >= 0.6 is 0 Å². The first-order valence-corrected chi connectivity index (χ1v) is 6.10. The lowest BCUT2D eigenvalue weighted by Crippen LogP contribution is -2.47. The zero-order valence-corrected chi connectivity index (χ0v) is 11.0. The van der Waals surface area contributed by atoms with E-state index in [-0.39, 0.29) is 5.92 Å². The van der Waals surface area contributed by atoms with Crippen LogP contribution in [-0.4, -0.2) is 44.9 Å². The molecule has 8 nitrogen and oxygen atoms in total. The van der Waals surface area contributed by atoms with Gasteiger partial charge in [-0.05, 0) is 12.3 Å². The third-order valence-electron chi connectivity index (χ3n) is 2.42.